The van der Waals surface area contributed by atoms with Gasteiger partial charge in [0.1, 0.15) is 11.8 Å². The lowest BCUT2D eigenvalue weighted by atomic mass is 9.97. The highest BCUT2D eigenvalue weighted by atomic mass is 16.5. The minimum atomic E-state index is -0.928. The molecule has 0 saturated heterocycles. The van der Waals surface area contributed by atoms with E-state index in [1.807, 2.05) is 36.4 Å². The number of benzene rings is 2. The molecule has 2 heterocycles. The van der Waals surface area contributed by atoms with Crippen LogP contribution >= 0.6 is 0 Å². The number of aryl methyl sites for hydroxylation is 2. The summed E-state index contributed by atoms with van der Waals surface area (Å²) in [5.74, 6) is -0.928. The van der Waals surface area contributed by atoms with Crippen molar-refractivity contribution in [2.24, 2.45) is 0 Å². The maximum atomic E-state index is 11.6. The Balaban J connectivity index is 1.77. The number of rotatable bonds is 8. The molecule has 0 spiro atoms. The van der Waals surface area contributed by atoms with E-state index in [4.69, 9.17) is 9.72 Å². The third kappa shape index (κ3) is 4.16. The van der Waals surface area contributed by atoms with Gasteiger partial charge >= 0.3 is 5.97 Å². The lowest BCUT2D eigenvalue weighted by Crippen LogP contribution is -2.11. The van der Waals surface area contributed by atoms with E-state index >= 15 is 0 Å². The van der Waals surface area contributed by atoms with Gasteiger partial charge in [-0.3, -0.25) is 0 Å². The Morgan fingerprint density at radius 3 is 2.50 bits per heavy atom. The van der Waals surface area contributed by atoms with Gasteiger partial charge in [-0.25, -0.2) is 9.78 Å². The summed E-state index contributed by atoms with van der Waals surface area (Å²) in [7, 11) is 0. The maximum Gasteiger partial charge on any atom is 0.336 e. The number of hydrogen-bond acceptors (Lipinski definition) is 3. The molecule has 0 aliphatic heterocycles. The van der Waals surface area contributed by atoms with Crippen molar-refractivity contribution < 1.29 is 14.6 Å². The molecule has 1 N–H and O–H groups in total. The molecule has 0 radical (unpaired) electrons. The topological polar surface area (TPSA) is 63.8 Å². The average molecular weight is 429 g/mol. The summed E-state index contributed by atoms with van der Waals surface area (Å²) in [5, 5.41) is 9.53. The lowest BCUT2D eigenvalue weighted by Gasteiger charge is -2.21. The molecule has 2 aromatic carbocycles. The van der Waals surface area contributed by atoms with Gasteiger partial charge in [-0.15, -0.1) is 0 Å². The molecule has 0 aliphatic carbocycles. The van der Waals surface area contributed by atoms with Crippen LogP contribution in [0.15, 0.2) is 66.9 Å². The van der Waals surface area contributed by atoms with Crippen LogP contribution in [-0.2, 0) is 11.2 Å². The Hall–Kier alpha value is -3.44. The van der Waals surface area contributed by atoms with Gasteiger partial charge in [0.05, 0.1) is 17.0 Å². The number of pyridine rings is 1. The average Bonchev–Trinajstić information content (AvgIpc) is 3.26. The number of nitrogens with zero attached hydrogens (tertiary/aromatic N) is 2. The van der Waals surface area contributed by atoms with Gasteiger partial charge in [-0.05, 0) is 54.2 Å². The second-order valence-corrected chi connectivity index (χ2v) is 7.94. The van der Waals surface area contributed by atoms with Gasteiger partial charge in [0, 0.05) is 12.8 Å². The standard InChI is InChI=1S/C27H28N2O3/c1-4-16-32-25(24-15-10-18(3)26-28-21(5-2)17-29(24)26)20-13-11-19(12-14-20)22-8-6-7-9-23(22)27(30)31/h6-15,17,25H,4-5,16H2,1-3H3,(H,30,31). The zero-order valence-electron chi connectivity index (χ0n) is 18.7. The molecule has 0 aliphatic rings. The third-order valence-electron chi connectivity index (χ3n) is 5.69. The van der Waals surface area contributed by atoms with Gasteiger partial charge < -0.3 is 14.2 Å². The van der Waals surface area contributed by atoms with Crippen LogP contribution in [0.5, 0.6) is 0 Å². The number of imidazole rings is 1. The molecule has 0 fully saturated rings. The zero-order chi connectivity index (χ0) is 22.7. The van der Waals surface area contributed by atoms with E-state index in [9.17, 15) is 9.90 Å². The smallest absolute Gasteiger partial charge is 0.336 e. The molecule has 1 unspecified atom stereocenters. The molecule has 1 atom stereocenters. The summed E-state index contributed by atoms with van der Waals surface area (Å²) < 4.78 is 8.46. The zero-order valence-corrected chi connectivity index (χ0v) is 18.7. The van der Waals surface area contributed by atoms with Crippen molar-refractivity contribution >= 4 is 11.6 Å². The van der Waals surface area contributed by atoms with E-state index in [2.05, 4.69) is 43.5 Å². The Morgan fingerprint density at radius 1 is 1.06 bits per heavy atom. The molecular formula is C27H28N2O3. The molecule has 164 valence electrons. The molecule has 32 heavy (non-hydrogen) atoms. The summed E-state index contributed by atoms with van der Waals surface area (Å²) in [6.07, 6.45) is 3.64. The van der Waals surface area contributed by atoms with Crippen LogP contribution in [0.25, 0.3) is 16.8 Å². The summed E-state index contributed by atoms with van der Waals surface area (Å²) >= 11 is 0. The fraction of sp³-hybridized carbons (Fsp3) is 0.259. The second kappa shape index (κ2) is 9.37. The molecule has 4 aromatic rings. The van der Waals surface area contributed by atoms with Crippen LogP contribution in [0.3, 0.4) is 0 Å². The highest BCUT2D eigenvalue weighted by Gasteiger charge is 2.20. The fourth-order valence-corrected chi connectivity index (χ4v) is 4.00. The maximum absolute atomic E-state index is 11.6. The van der Waals surface area contributed by atoms with Crippen LogP contribution in [0.1, 0.15) is 59.2 Å². The van der Waals surface area contributed by atoms with Crippen molar-refractivity contribution in [3.8, 4) is 11.1 Å². The number of carbonyl (C=O) groups is 1. The van der Waals surface area contributed by atoms with E-state index in [0.29, 0.717) is 17.7 Å². The quantitative estimate of drug-likeness (QED) is 0.369. The summed E-state index contributed by atoms with van der Waals surface area (Å²) in [5.41, 5.74) is 7.06. The summed E-state index contributed by atoms with van der Waals surface area (Å²) in [6.45, 7) is 6.91. The van der Waals surface area contributed by atoms with E-state index in [1.54, 1.807) is 12.1 Å². The number of hydrogen-bond donors (Lipinski definition) is 1. The Kier molecular flexibility index (Phi) is 6.37. The van der Waals surface area contributed by atoms with Gasteiger partial charge in [0.25, 0.3) is 0 Å². The third-order valence-corrected chi connectivity index (χ3v) is 5.69. The van der Waals surface area contributed by atoms with E-state index in [1.165, 1.54) is 0 Å². The largest absolute Gasteiger partial charge is 0.478 e. The number of ether oxygens (including phenoxy) is 1. The van der Waals surface area contributed by atoms with Crippen LogP contribution < -0.4 is 0 Å². The Labute approximate surface area is 188 Å². The highest BCUT2D eigenvalue weighted by Crippen LogP contribution is 2.31. The molecule has 4 rings (SSSR count). The summed E-state index contributed by atoms with van der Waals surface area (Å²) in [4.78, 5) is 16.4. The molecule has 0 amide bonds. The fourth-order valence-electron chi connectivity index (χ4n) is 4.00. The number of aromatic carboxylic acids is 1. The van der Waals surface area contributed by atoms with Crippen molar-refractivity contribution in [2.45, 2.75) is 39.7 Å². The van der Waals surface area contributed by atoms with Crippen molar-refractivity contribution in [3.05, 3.63) is 94.9 Å². The van der Waals surface area contributed by atoms with Crippen LogP contribution in [0.2, 0.25) is 0 Å². The normalized spacial score (nSPS) is 12.2. The van der Waals surface area contributed by atoms with Crippen molar-refractivity contribution in [1.82, 2.24) is 9.38 Å². The predicted octanol–water partition coefficient (Wildman–Crippen LogP) is 6.09. The molecule has 2 aromatic heterocycles. The predicted molar refractivity (Wildman–Crippen MR) is 126 cm³/mol. The number of carboxylic acids is 1. The first-order valence-electron chi connectivity index (χ1n) is 11.0. The molecular weight excluding hydrogens is 400 g/mol. The van der Waals surface area contributed by atoms with Gasteiger partial charge in [0.2, 0.25) is 0 Å². The first-order valence-corrected chi connectivity index (χ1v) is 11.0. The Bertz CT molecular complexity index is 1240. The van der Waals surface area contributed by atoms with Gasteiger partial charge in [0.15, 0.2) is 0 Å². The van der Waals surface area contributed by atoms with Crippen LogP contribution in [0, 0.1) is 6.92 Å². The first kappa shape index (κ1) is 21.8. The highest BCUT2D eigenvalue weighted by molar-refractivity contribution is 5.96. The van der Waals surface area contributed by atoms with Crippen LogP contribution in [-0.4, -0.2) is 27.1 Å². The Morgan fingerprint density at radius 2 is 1.81 bits per heavy atom. The van der Waals surface area contributed by atoms with E-state index in [-0.39, 0.29) is 6.10 Å². The van der Waals surface area contributed by atoms with Gasteiger partial charge in [-0.2, -0.15) is 0 Å². The SMILES string of the molecule is CCCOC(c1ccc(-c2ccccc2C(=O)O)cc1)c1ccc(C)c2nc(CC)cn12. The molecule has 5 heteroatoms. The van der Waals surface area contributed by atoms with Crippen molar-refractivity contribution in [1.29, 1.82) is 0 Å². The van der Waals surface area contributed by atoms with E-state index in [0.717, 1.165) is 46.6 Å². The number of fused-ring (bicyclic) bond motifs is 1. The second-order valence-electron chi connectivity index (χ2n) is 7.94. The number of carboxylic acid groups (broad SMARTS) is 1. The van der Waals surface area contributed by atoms with Crippen molar-refractivity contribution in [3.63, 3.8) is 0 Å². The molecule has 0 saturated carbocycles. The lowest BCUT2D eigenvalue weighted by molar-refractivity contribution is 0.0697. The summed E-state index contributed by atoms with van der Waals surface area (Å²) in [6, 6.07) is 19.3. The molecule has 0 bridgehead atoms. The van der Waals surface area contributed by atoms with Crippen LogP contribution in [0.4, 0.5) is 0 Å². The molecule has 5 nitrogen and oxygen atoms in total. The van der Waals surface area contributed by atoms with Gasteiger partial charge in [-0.1, -0.05) is 62.4 Å². The van der Waals surface area contributed by atoms with Crippen molar-refractivity contribution in [2.75, 3.05) is 6.61 Å². The minimum absolute atomic E-state index is 0.249. The first-order chi connectivity index (χ1) is 15.5. The van der Waals surface area contributed by atoms with E-state index < -0.39 is 5.97 Å². The number of aromatic nitrogens is 2. The minimum Gasteiger partial charge on any atom is -0.478 e. The monoisotopic (exact) mass is 428 g/mol.